The minimum atomic E-state index is -2.96. The van der Waals surface area contributed by atoms with E-state index in [1.807, 2.05) is 24.3 Å². The number of rotatable bonds is 1. The summed E-state index contributed by atoms with van der Waals surface area (Å²) in [5.74, 6) is 0.257. The lowest BCUT2D eigenvalue weighted by Crippen LogP contribution is -2.20. The number of hydrogen-bond donors (Lipinski definition) is 1. The van der Waals surface area contributed by atoms with Gasteiger partial charge in [-0.3, -0.25) is 0 Å². The summed E-state index contributed by atoms with van der Waals surface area (Å²) < 4.78 is 24.9. The van der Waals surface area contributed by atoms with Crippen LogP contribution < -0.4 is 5.73 Å². The molecule has 2 aromatic rings. The van der Waals surface area contributed by atoms with Crippen LogP contribution in [-0.4, -0.2) is 24.0 Å². The van der Waals surface area contributed by atoms with Crippen molar-refractivity contribution in [3.05, 3.63) is 41.7 Å². The fourth-order valence-corrected chi connectivity index (χ4v) is 3.61. The Kier molecular flexibility index (Phi) is 2.41. The van der Waals surface area contributed by atoms with E-state index in [0.717, 1.165) is 16.9 Å². The second-order valence-corrected chi connectivity index (χ2v) is 6.61. The van der Waals surface area contributed by atoms with Crippen LogP contribution in [0.3, 0.4) is 0 Å². The molecule has 3 rings (SSSR count). The van der Waals surface area contributed by atoms with Crippen molar-refractivity contribution in [3.8, 4) is 5.69 Å². The van der Waals surface area contributed by atoms with Crippen LogP contribution >= 0.6 is 0 Å². The Bertz CT molecular complexity index is 704. The van der Waals surface area contributed by atoms with Crippen LogP contribution in [0.25, 0.3) is 5.69 Å². The quantitative estimate of drug-likeness (QED) is 0.776. The molecule has 1 aromatic heterocycles. The van der Waals surface area contributed by atoms with E-state index in [1.54, 1.807) is 10.9 Å². The van der Waals surface area contributed by atoms with Crippen LogP contribution in [0.4, 0.5) is 5.69 Å². The maximum atomic E-state index is 11.6. The maximum Gasteiger partial charge on any atom is 0.154 e. The molecule has 1 aromatic carbocycles. The van der Waals surface area contributed by atoms with Crippen LogP contribution in [0.1, 0.15) is 11.3 Å². The van der Waals surface area contributed by atoms with Crippen LogP contribution in [0.2, 0.25) is 0 Å². The van der Waals surface area contributed by atoms with Gasteiger partial charge in [-0.1, -0.05) is 12.1 Å². The van der Waals surface area contributed by atoms with Crippen molar-refractivity contribution in [3.63, 3.8) is 0 Å². The van der Waals surface area contributed by atoms with Crippen molar-refractivity contribution in [2.24, 2.45) is 0 Å². The Balaban J connectivity index is 2.12. The number of aromatic nitrogens is 2. The molecular weight excluding hydrogens is 250 g/mol. The topological polar surface area (TPSA) is 78.0 Å². The highest BCUT2D eigenvalue weighted by Gasteiger charge is 2.25. The smallest absolute Gasteiger partial charge is 0.154 e. The van der Waals surface area contributed by atoms with Gasteiger partial charge >= 0.3 is 0 Å². The van der Waals surface area contributed by atoms with Crippen LogP contribution in [0.5, 0.6) is 0 Å². The van der Waals surface area contributed by atoms with E-state index in [1.165, 1.54) is 0 Å². The van der Waals surface area contributed by atoms with Gasteiger partial charge in [0.2, 0.25) is 0 Å². The average molecular weight is 263 g/mol. The van der Waals surface area contributed by atoms with Gasteiger partial charge in [0.15, 0.2) is 9.84 Å². The standard InChI is InChI=1S/C12H13N3O2S/c13-10-3-1-2-4-12(10)15-11-5-6-18(16,17)8-9(11)7-14-15/h1-4,7H,5-6,8,13H2. The van der Waals surface area contributed by atoms with E-state index in [-0.39, 0.29) is 11.5 Å². The summed E-state index contributed by atoms with van der Waals surface area (Å²) in [4.78, 5) is 0. The predicted molar refractivity (Wildman–Crippen MR) is 69.2 cm³/mol. The summed E-state index contributed by atoms with van der Waals surface area (Å²) in [5.41, 5.74) is 9.09. The highest BCUT2D eigenvalue weighted by Crippen LogP contribution is 2.25. The van der Waals surface area contributed by atoms with Gasteiger partial charge in [-0.15, -0.1) is 0 Å². The zero-order chi connectivity index (χ0) is 12.8. The van der Waals surface area contributed by atoms with Crippen LogP contribution in [0, 0.1) is 0 Å². The fraction of sp³-hybridized carbons (Fsp3) is 0.250. The van der Waals surface area contributed by atoms with E-state index in [9.17, 15) is 8.42 Å². The minimum Gasteiger partial charge on any atom is -0.397 e. The van der Waals surface area contributed by atoms with Crippen molar-refractivity contribution >= 4 is 15.5 Å². The molecule has 5 nitrogen and oxygen atoms in total. The summed E-state index contributed by atoms with van der Waals surface area (Å²) in [7, 11) is -2.96. The number of hydrogen-bond acceptors (Lipinski definition) is 4. The molecule has 1 aliphatic rings. The zero-order valence-electron chi connectivity index (χ0n) is 9.70. The molecule has 0 fully saturated rings. The Hall–Kier alpha value is -1.82. The molecule has 94 valence electrons. The Labute approximate surface area is 105 Å². The Morgan fingerprint density at radius 1 is 1.28 bits per heavy atom. The first-order chi connectivity index (χ1) is 8.57. The van der Waals surface area contributed by atoms with Gasteiger partial charge in [0.05, 0.1) is 29.1 Å². The number of para-hydroxylation sites is 2. The SMILES string of the molecule is Nc1ccccc1-n1ncc2c1CCS(=O)(=O)C2. The lowest BCUT2D eigenvalue weighted by Gasteiger charge is -2.15. The molecule has 2 heterocycles. The zero-order valence-corrected chi connectivity index (χ0v) is 10.5. The molecule has 0 amide bonds. The molecule has 0 saturated heterocycles. The molecule has 0 aliphatic carbocycles. The van der Waals surface area contributed by atoms with Gasteiger partial charge in [-0.2, -0.15) is 5.10 Å². The monoisotopic (exact) mass is 263 g/mol. The molecule has 0 radical (unpaired) electrons. The lowest BCUT2D eigenvalue weighted by atomic mass is 10.2. The molecule has 0 spiro atoms. The first-order valence-electron chi connectivity index (χ1n) is 5.68. The number of nitrogens with zero attached hydrogens (tertiary/aromatic N) is 2. The third kappa shape index (κ3) is 1.78. The third-order valence-electron chi connectivity index (χ3n) is 3.15. The van der Waals surface area contributed by atoms with Gasteiger partial charge in [0.1, 0.15) is 0 Å². The lowest BCUT2D eigenvalue weighted by molar-refractivity contribution is 0.590. The van der Waals surface area contributed by atoms with E-state index in [2.05, 4.69) is 5.10 Å². The molecule has 0 saturated carbocycles. The fourth-order valence-electron chi connectivity index (χ4n) is 2.24. The van der Waals surface area contributed by atoms with Crippen molar-refractivity contribution in [2.75, 3.05) is 11.5 Å². The third-order valence-corrected chi connectivity index (χ3v) is 4.72. The predicted octanol–water partition coefficient (Wildman–Crippen LogP) is 0.925. The molecule has 2 N–H and O–H groups in total. The second-order valence-electron chi connectivity index (χ2n) is 4.43. The van der Waals surface area contributed by atoms with Crippen molar-refractivity contribution < 1.29 is 8.42 Å². The molecule has 0 atom stereocenters. The van der Waals surface area contributed by atoms with E-state index < -0.39 is 9.84 Å². The highest BCUT2D eigenvalue weighted by molar-refractivity contribution is 7.90. The first-order valence-corrected chi connectivity index (χ1v) is 7.50. The molecule has 18 heavy (non-hydrogen) atoms. The highest BCUT2D eigenvalue weighted by atomic mass is 32.2. The molecule has 0 bridgehead atoms. The van der Waals surface area contributed by atoms with Crippen molar-refractivity contribution in [1.82, 2.24) is 9.78 Å². The van der Waals surface area contributed by atoms with Crippen LogP contribution in [-0.2, 0) is 22.0 Å². The summed E-state index contributed by atoms with van der Waals surface area (Å²) in [6, 6.07) is 7.44. The van der Waals surface area contributed by atoms with E-state index in [4.69, 9.17) is 5.73 Å². The number of anilines is 1. The van der Waals surface area contributed by atoms with Gasteiger partial charge in [-0.05, 0) is 12.1 Å². The van der Waals surface area contributed by atoms with E-state index >= 15 is 0 Å². The van der Waals surface area contributed by atoms with Gasteiger partial charge in [-0.25, -0.2) is 13.1 Å². The number of benzene rings is 1. The molecule has 0 unspecified atom stereocenters. The van der Waals surface area contributed by atoms with Crippen LogP contribution in [0.15, 0.2) is 30.5 Å². The van der Waals surface area contributed by atoms with Gasteiger partial charge in [0, 0.05) is 17.7 Å². The van der Waals surface area contributed by atoms with Gasteiger partial charge in [0.25, 0.3) is 0 Å². The summed E-state index contributed by atoms with van der Waals surface area (Å²) in [5, 5.41) is 4.27. The Morgan fingerprint density at radius 2 is 2.06 bits per heavy atom. The van der Waals surface area contributed by atoms with Crippen molar-refractivity contribution in [1.29, 1.82) is 0 Å². The average Bonchev–Trinajstić information content (AvgIpc) is 2.71. The summed E-state index contributed by atoms with van der Waals surface area (Å²) in [6.45, 7) is 0. The van der Waals surface area contributed by atoms with Gasteiger partial charge < -0.3 is 5.73 Å². The summed E-state index contributed by atoms with van der Waals surface area (Å²) >= 11 is 0. The molecule has 6 heteroatoms. The Morgan fingerprint density at radius 3 is 2.83 bits per heavy atom. The number of sulfone groups is 1. The molecule has 1 aliphatic heterocycles. The largest absolute Gasteiger partial charge is 0.397 e. The van der Waals surface area contributed by atoms with Crippen molar-refractivity contribution in [2.45, 2.75) is 12.2 Å². The number of fused-ring (bicyclic) bond motifs is 1. The number of nitrogens with two attached hydrogens (primary N) is 1. The minimum absolute atomic E-state index is 0.0784. The molecular formula is C12H13N3O2S. The second kappa shape index (κ2) is 3.84. The normalized spacial score (nSPS) is 17.3. The number of nitrogen functional groups attached to an aromatic ring is 1. The van der Waals surface area contributed by atoms with E-state index in [0.29, 0.717) is 12.1 Å². The maximum absolute atomic E-state index is 11.6. The first kappa shape index (κ1) is 11.3. The summed E-state index contributed by atoms with van der Waals surface area (Å²) in [6.07, 6.45) is 2.12.